The van der Waals surface area contributed by atoms with Gasteiger partial charge in [0.1, 0.15) is 12.4 Å². The van der Waals surface area contributed by atoms with Crippen LogP contribution in [0.3, 0.4) is 0 Å². The van der Waals surface area contributed by atoms with Gasteiger partial charge in [0, 0.05) is 5.56 Å². The molecule has 16 heteroatoms. The number of amides is 2. The standard InChI is InChI=1S/C26H32F3N5O7S/c1-5-6-7-17(25(38,42)21(35)33-34-12-13-39-23(34)37)30-22(36)40-18(24(2,3)4)14-19-31-32-20(41-19)15-8-10-16(11-9-15)26(27,28)29/h8-13,17-18,38,42H,5-7,14H2,1-4H3,(H,30,36)(H,33,35)/t17-,18+,25+/m0/s1. The van der Waals surface area contributed by atoms with Gasteiger partial charge in [-0.05, 0) is 36.1 Å². The molecule has 0 aliphatic heterocycles. The maximum atomic E-state index is 13.0. The Kier molecular flexibility index (Phi) is 10.1. The number of alkyl carbamates (subject to hydrolysis) is 1. The maximum absolute atomic E-state index is 13.0. The van der Waals surface area contributed by atoms with Crippen LogP contribution < -0.4 is 16.5 Å². The van der Waals surface area contributed by atoms with Gasteiger partial charge < -0.3 is 24.0 Å². The van der Waals surface area contributed by atoms with Gasteiger partial charge in [-0.25, -0.2) is 9.59 Å². The number of aromatic nitrogens is 3. The highest BCUT2D eigenvalue weighted by molar-refractivity contribution is 7.82. The summed E-state index contributed by atoms with van der Waals surface area (Å²) in [5, 5.41) is 21.3. The Balaban J connectivity index is 1.72. The zero-order valence-electron chi connectivity index (χ0n) is 23.3. The van der Waals surface area contributed by atoms with Crippen molar-refractivity contribution in [1.82, 2.24) is 20.2 Å². The van der Waals surface area contributed by atoms with Crippen molar-refractivity contribution in [3.8, 4) is 11.5 Å². The zero-order valence-corrected chi connectivity index (χ0v) is 24.2. The second-order valence-electron chi connectivity index (χ2n) is 10.6. The van der Waals surface area contributed by atoms with Gasteiger partial charge >= 0.3 is 18.0 Å². The predicted molar refractivity (Wildman–Crippen MR) is 146 cm³/mol. The van der Waals surface area contributed by atoms with Crippen LogP contribution in [0.25, 0.3) is 11.5 Å². The number of nitrogens with zero attached hydrogens (tertiary/aromatic N) is 3. The lowest BCUT2D eigenvalue weighted by molar-refractivity contribution is -0.137. The number of alkyl halides is 3. The molecule has 3 atom stereocenters. The van der Waals surface area contributed by atoms with Crippen LogP contribution in [0.5, 0.6) is 0 Å². The maximum Gasteiger partial charge on any atom is 0.437 e. The van der Waals surface area contributed by atoms with Crippen LogP contribution in [0.1, 0.15) is 58.4 Å². The number of hydrogen-bond acceptors (Lipinski definition) is 10. The van der Waals surface area contributed by atoms with Crippen LogP contribution in [0, 0.1) is 5.41 Å². The summed E-state index contributed by atoms with van der Waals surface area (Å²) in [5.41, 5.74) is 0.949. The number of nitrogens with one attached hydrogen (secondary N) is 2. The quantitative estimate of drug-likeness (QED) is 0.184. The van der Waals surface area contributed by atoms with E-state index in [9.17, 15) is 32.7 Å². The molecule has 12 nitrogen and oxygen atoms in total. The first kappa shape index (κ1) is 32.7. The molecule has 3 rings (SSSR count). The number of benzene rings is 1. The molecule has 0 fully saturated rings. The fourth-order valence-corrected chi connectivity index (χ4v) is 3.97. The average Bonchev–Trinajstić information content (AvgIpc) is 3.54. The molecule has 3 aromatic rings. The fourth-order valence-electron chi connectivity index (χ4n) is 3.73. The van der Waals surface area contributed by atoms with Crippen LogP contribution in [0.2, 0.25) is 0 Å². The van der Waals surface area contributed by atoms with Gasteiger partial charge in [0.05, 0.1) is 24.2 Å². The monoisotopic (exact) mass is 615 g/mol. The molecular formula is C26H32F3N5O7S. The minimum absolute atomic E-state index is 0.0154. The first-order valence-electron chi connectivity index (χ1n) is 12.9. The Bertz CT molecular complexity index is 1410. The highest BCUT2D eigenvalue weighted by Gasteiger charge is 2.43. The van der Waals surface area contributed by atoms with E-state index in [1.807, 2.05) is 6.92 Å². The Morgan fingerprint density at radius 1 is 1.17 bits per heavy atom. The third-order valence-corrected chi connectivity index (χ3v) is 6.77. The lowest BCUT2D eigenvalue weighted by atomic mass is 9.87. The number of oxazole rings is 1. The number of ether oxygens (including phenoxy) is 1. The molecule has 2 amide bonds. The lowest BCUT2D eigenvalue weighted by Crippen LogP contribution is -2.58. The van der Waals surface area contributed by atoms with Gasteiger partial charge in [-0.2, -0.15) is 17.8 Å². The van der Waals surface area contributed by atoms with E-state index in [-0.39, 0.29) is 30.2 Å². The van der Waals surface area contributed by atoms with Crippen molar-refractivity contribution < 1.29 is 41.4 Å². The van der Waals surface area contributed by atoms with Crippen LogP contribution in [-0.2, 0) is 22.1 Å². The van der Waals surface area contributed by atoms with E-state index in [4.69, 9.17) is 9.15 Å². The van der Waals surface area contributed by atoms with Gasteiger partial charge in [0.25, 0.3) is 5.91 Å². The van der Waals surface area contributed by atoms with E-state index < -0.39 is 52.0 Å². The van der Waals surface area contributed by atoms with Crippen molar-refractivity contribution in [3.05, 3.63) is 58.7 Å². The molecule has 3 N–H and O–H groups in total. The van der Waals surface area contributed by atoms with E-state index in [2.05, 4.69) is 38.0 Å². The average molecular weight is 616 g/mol. The predicted octanol–water partition coefficient (Wildman–Crippen LogP) is 4.14. The van der Waals surface area contributed by atoms with E-state index in [0.29, 0.717) is 17.5 Å². The van der Waals surface area contributed by atoms with E-state index in [1.54, 1.807) is 20.8 Å². The third kappa shape index (κ3) is 8.38. The summed E-state index contributed by atoms with van der Waals surface area (Å²) < 4.78 is 55.2. The Hall–Kier alpha value is -3.79. The second-order valence-corrected chi connectivity index (χ2v) is 11.3. The van der Waals surface area contributed by atoms with Crippen molar-refractivity contribution >= 4 is 24.6 Å². The van der Waals surface area contributed by atoms with Gasteiger partial charge in [-0.3, -0.25) is 10.2 Å². The summed E-state index contributed by atoms with van der Waals surface area (Å²) in [6.45, 7) is 7.24. The number of carbonyl (C=O) groups excluding carboxylic acids is 2. The zero-order chi connectivity index (χ0) is 31.3. The molecular weight excluding hydrogens is 583 g/mol. The van der Waals surface area contributed by atoms with Gasteiger partial charge in [0.15, 0.2) is 0 Å². The smallest absolute Gasteiger partial charge is 0.437 e. The van der Waals surface area contributed by atoms with Crippen LogP contribution >= 0.6 is 12.6 Å². The van der Waals surface area contributed by atoms with Crippen LogP contribution in [0.15, 0.2) is 50.4 Å². The molecule has 0 spiro atoms. The summed E-state index contributed by atoms with van der Waals surface area (Å²) in [6.07, 6.45) is -2.88. The van der Waals surface area contributed by atoms with Crippen molar-refractivity contribution in [2.24, 2.45) is 5.41 Å². The number of halogens is 3. The highest BCUT2D eigenvalue weighted by Crippen LogP contribution is 2.31. The number of thiol groups is 1. The summed E-state index contributed by atoms with van der Waals surface area (Å²) in [7, 11) is 0. The molecule has 0 aliphatic rings. The van der Waals surface area contributed by atoms with Crippen molar-refractivity contribution in [3.63, 3.8) is 0 Å². The molecule has 0 bridgehead atoms. The number of aliphatic hydroxyl groups is 1. The normalized spacial score (nSPS) is 15.0. The first-order valence-corrected chi connectivity index (χ1v) is 13.4. The molecule has 230 valence electrons. The minimum atomic E-state index is -4.49. The Labute approximate surface area is 244 Å². The van der Waals surface area contributed by atoms with Crippen molar-refractivity contribution in [1.29, 1.82) is 0 Å². The fraction of sp³-hybridized carbons (Fsp3) is 0.500. The number of carbonyl (C=O) groups is 2. The van der Waals surface area contributed by atoms with Gasteiger partial charge in [-0.1, -0.05) is 40.5 Å². The van der Waals surface area contributed by atoms with Gasteiger partial charge in [0.2, 0.25) is 16.7 Å². The van der Waals surface area contributed by atoms with Gasteiger partial charge in [-0.15, -0.1) is 22.8 Å². The topological polar surface area (TPSA) is 162 Å². The van der Waals surface area contributed by atoms with Crippen LogP contribution in [0.4, 0.5) is 18.0 Å². The second kappa shape index (κ2) is 13.0. The highest BCUT2D eigenvalue weighted by atomic mass is 32.1. The molecule has 0 radical (unpaired) electrons. The summed E-state index contributed by atoms with van der Waals surface area (Å²) in [5.74, 6) is -1.95. The third-order valence-electron chi connectivity index (χ3n) is 6.26. The van der Waals surface area contributed by atoms with E-state index >= 15 is 0 Å². The summed E-state index contributed by atoms with van der Waals surface area (Å²) >= 11 is 4.09. The van der Waals surface area contributed by atoms with E-state index in [0.717, 1.165) is 24.6 Å². The molecule has 1 aromatic carbocycles. The molecule has 2 heterocycles. The molecule has 42 heavy (non-hydrogen) atoms. The molecule has 0 aliphatic carbocycles. The number of unbranched alkanes of at least 4 members (excludes halogenated alkanes) is 1. The van der Waals surface area contributed by atoms with Crippen molar-refractivity contribution in [2.45, 2.75) is 76.6 Å². The SMILES string of the molecule is CCCC[C@H](NC(=O)O[C@H](Cc1nnc(-c2ccc(C(F)(F)F)cc2)o1)C(C)(C)C)[C@@](O)(S)C(=O)Nn1ccoc1=O. The Morgan fingerprint density at radius 3 is 2.38 bits per heavy atom. The molecule has 0 unspecified atom stereocenters. The molecule has 0 saturated heterocycles. The molecule has 0 saturated carbocycles. The van der Waals surface area contributed by atoms with Crippen molar-refractivity contribution in [2.75, 3.05) is 5.43 Å². The Morgan fingerprint density at radius 2 is 1.83 bits per heavy atom. The number of hydrogen-bond donors (Lipinski definition) is 4. The largest absolute Gasteiger partial charge is 0.445 e. The summed E-state index contributed by atoms with van der Waals surface area (Å²) in [4.78, 5) is 34.9. The molecule has 2 aromatic heterocycles. The lowest BCUT2D eigenvalue weighted by Gasteiger charge is -2.33. The van der Waals surface area contributed by atoms with E-state index in [1.165, 1.54) is 12.1 Å². The summed E-state index contributed by atoms with van der Waals surface area (Å²) in [6, 6.07) is 2.98. The van der Waals surface area contributed by atoms with Crippen LogP contribution in [-0.4, -0.2) is 49.1 Å². The number of rotatable bonds is 11. The first-order chi connectivity index (χ1) is 19.5. The minimum Gasteiger partial charge on any atom is -0.445 e.